The van der Waals surface area contributed by atoms with Crippen LogP contribution in [0.15, 0.2) is 41.2 Å². The van der Waals surface area contributed by atoms with E-state index in [0.29, 0.717) is 36.5 Å². The second kappa shape index (κ2) is 14.9. The van der Waals surface area contributed by atoms with E-state index in [0.717, 1.165) is 11.3 Å². The Morgan fingerprint density at radius 2 is 1.75 bits per heavy atom. The minimum absolute atomic E-state index is 0.0486. The Labute approximate surface area is 321 Å². The quantitative estimate of drug-likeness (QED) is 0.346. The molecule has 3 fully saturated rings. The molecule has 2 aliphatic heterocycles. The van der Waals surface area contributed by atoms with Crippen molar-refractivity contribution in [2.75, 3.05) is 6.54 Å². The maximum atomic E-state index is 15.0. The molecular formula is C39H54N6O9S. The van der Waals surface area contributed by atoms with Crippen LogP contribution in [-0.4, -0.2) is 98.0 Å². The summed E-state index contributed by atoms with van der Waals surface area (Å²) in [4.78, 5) is 72.2. The first-order valence-corrected chi connectivity index (χ1v) is 20.9. The molecule has 1 aromatic carbocycles. The van der Waals surface area contributed by atoms with Crippen molar-refractivity contribution in [2.45, 2.75) is 134 Å². The van der Waals surface area contributed by atoms with Gasteiger partial charge in [0.25, 0.3) is 11.5 Å². The monoisotopic (exact) mass is 782 g/mol. The molecule has 15 nitrogen and oxygen atoms in total. The summed E-state index contributed by atoms with van der Waals surface area (Å²) in [6, 6.07) is 4.17. The second-order valence-electron chi connectivity index (χ2n) is 17.2. The third kappa shape index (κ3) is 8.10. The zero-order valence-corrected chi connectivity index (χ0v) is 33.5. The Morgan fingerprint density at radius 1 is 1.07 bits per heavy atom. The summed E-state index contributed by atoms with van der Waals surface area (Å²) in [6.07, 6.45) is 4.57. The lowest BCUT2D eigenvalue weighted by Gasteiger charge is -2.43. The van der Waals surface area contributed by atoms with Crippen LogP contribution in [0.3, 0.4) is 0 Å². The van der Waals surface area contributed by atoms with E-state index in [9.17, 15) is 32.7 Å². The Balaban J connectivity index is 1.42. The maximum Gasteiger partial charge on any atom is 0.408 e. The van der Waals surface area contributed by atoms with Crippen molar-refractivity contribution in [3.8, 4) is 5.88 Å². The Kier molecular flexibility index (Phi) is 10.9. The van der Waals surface area contributed by atoms with E-state index in [4.69, 9.17) is 4.74 Å². The number of rotatable bonds is 7. The number of hydrogen-bond donors (Lipinski definition) is 3. The van der Waals surface area contributed by atoms with Crippen molar-refractivity contribution in [1.29, 1.82) is 0 Å². The second-order valence-corrected chi connectivity index (χ2v) is 19.2. The van der Waals surface area contributed by atoms with E-state index in [2.05, 4.69) is 15.1 Å². The number of nitrogens with one attached hydrogen (secondary N) is 2. The van der Waals surface area contributed by atoms with Crippen LogP contribution in [0.25, 0.3) is 10.8 Å². The van der Waals surface area contributed by atoms with Crippen LogP contribution in [0.2, 0.25) is 0 Å². The first-order valence-electron chi connectivity index (χ1n) is 19.3. The third-order valence-corrected chi connectivity index (χ3v) is 13.2. The minimum atomic E-state index is -3.94. The van der Waals surface area contributed by atoms with E-state index >= 15 is 4.79 Å². The molecule has 1 aromatic heterocycles. The number of amides is 4. The van der Waals surface area contributed by atoms with Crippen LogP contribution in [-0.2, 0) is 24.4 Å². The summed E-state index contributed by atoms with van der Waals surface area (Å²) in [5.41, 5.74) is -2.86. The highest BCUT2D eigenvalue weighted by atomic mass is 32.2. The number of fused-ring (bicyclic) bond motifs is 3. The first-order chi connectivity index (χ1) is 25.7. The molecule has 0 bridgehead atoms. The van der Waals surface area contributed by atoms with Gasteiger partial charge in [-0.2, -0.15) is 0 Å². The molecule has 0 spiro atoms. The van der Waals surface area contributed by atoms with Crippen molar-refractivity contribution in [3.63, 3.8) is 0 Å². The number of carbonyl (C=O) groups is 4. The van der Waals surface area contributed by atoms with E-state index in [1.165, 1.54) is 9.58 Å². The molecule has 7 atom stereocenters. The number of allylic oxidation sites excluding steroid dienone is 1. The van der Waals surface area contributed by atoms with Crippen LogP contribution in [0.5, 0.6) is 5.88 Å². The van der Waals surface area contributed by atoms with Crippen molar-refractivity contribution < 1.29 is 37.4 Å². The Bertz CT molecular complexity index is 2060. The molecule has 2 saturated carbocycles. The van der Waals surface area contributed by atoms with Gasteiger partial charge in [-0.05, 0) is 97.1 Å². The highest BCUT2D eigenvalue weighted by Crippen LogP contribution is 2.46. The fourth-order valence-electron chi connectivity index (χ4n) is 8.24. The van der Waals surface area contributed by atoms with Gasteiger partial charge in [-0.15, -0.1) is 5.10 Å². The van der Waals surface area contributed by atoms with Gasteiger partial charge in [0, 0.05) is 17.9 Å². The van der Waals surface area contributed by atoms with Crippen molar-refractivity contribution in [1.82, 2.24) is 29.6 Å². The molecule has 3 heterocycles. The number of ether oxygens (including phenoxy) is 1. The molecule has 2 aromatic rings. The highest BCUT2D eigenvalue weighted by Gasteiger charge is 2.62. The topological polar surface area (TPSA) is 197 Å². The van der Waals surface area contributed by atoms with E-state index in [1.807, 2.05) is 39.8 Å². The maximum absolute atomic E-state index is 15.0. The lowest BCUT2D eigenvalue weighted by Crippen LogP contribution is -2.62. The normalized spacial score (nSPS) is 29.1. The molecule has 3 N–H and O–H groups in total. The number of nitrogens with zero attached hydrogens (tertiary/aromatic N) is 4. The van der Waals surface area contributed by atoms with Crippen LogP contribution < -0.4 is 20.3 Å². The summed E-state index contributed by atoms with van der Waals surface area (Å²) in [6.45, 7) is 12.6. The van der Waals surface area contributed by atoms with Gasteiger partial charge in [-0.25, -0.2) is 17.9 Å². The third-order valence-electron chi connectivity index (χ3n) is 11.3. The smallest absolute Gasteiger partial charge is 0.408 e. The SMILES string of the molecule is CC(C)n1nc(O[C@@H]2C[C@H]3C(=O)N[C@]4(C(=O)NS(=O)(=O)C5CC5)C[C@H]4C=CCC[C@@H](C)C[C@@H](C)[C@H](N(C(=O)O)C(C)(C)C)C(=O)N3C2)c2ccccc2c1=O. The summed E-state index contributed by atoms with van der Waals surface area (Å²) < 4.78 is 35.8. The number of carboxylic acid groups (broad SMARTS) is 1. The molecule has 2 aliphatic carbocycles. The van der Waals surface area contributed by atoms with Crippen LogP contribution >= 0.6 is 0 Å². The number of sulfonamides is 1. The lowest BCUT2D eigenvalue weighted by molar-refractivity contribution is -0.146. The zero-order chi connectivity index (χ0) is 40.2. The van der Waals surface area contributed by atoms with Gasteiger partial charge in [0.05, 0.1) is 28.6 Å². The summed E-state index contributed by atoms with van der Waals surface area (Å²) >= 11 is 0. The first kappa shape index (κ1) is 40.2. The van der Waals surface area contributed by atoms with Gasteiger partial charge in [-0.1, -0.05) is 38.1 Å². The fourth-order valence-corrected chi connectivity index (χ4v) is 9.60. The van der Waals surface area contributed by atoms with Crippen molar-refractivity contribution in [3.05, 3.63) is 46.8 Å². The van der Waals surface area contributed by atoms with Gasteiger partial charge >= 0.3 is 6.09 Å². The molecule has 1 saturated heterocycles. The fraction of sp³-hybridized carbons (Fsp3) is 0.641. The summed E-state index contributed by atoms with van der Waals surface area (Å²) in [5.74, 6) is -2.80. The van der Waals surface area contributed by atoms with Crippen molar-refractivity contribution >= 4 is 44.6 Å². The molecule has 300 valence electrons. The van der Waals surface area contributed by atoms with E-state index in [-0.39, 0.29) is 42.8 Å². The molecule has 0 unspecified atom stereocenters. The van der Waals surface area contributed by atoms with Gasteiger partial charge < -0.3 is 20.1 Å². The van der Waals surface area contributed by atoms with Gasteiger partial charge in [0.1, 0.15) is 23.7 Å². The minimum Gasteiger partial charge on any atom is -0.471 e. The predicted molar refractivity (Wildman–Crippen MR) is 205 cm³/mol. The summed E-state index contributed by atoms with van der Waals surface area (Å²) in [7, 11) is -3.94. The number of aromatic nitrogens is 2. The van der Waals surface area contributed by atoms with E-state index in [1.54, 1.807) is 45.0 Å². The number of benzene rings is 1. The zero-order valence-electron chi connectivity index (χ0n) is 32.7. The van der Waals surface area contributed by atoms with Crippen LogP contribution in [0.1, 0.15) is 99.5 Å². The Hall–Kier alpha value is -4.47. The largest absolute Gasteiger partial charge is 0.471 e. The molecule has 4 aliphatic rings. The predicted octanol–water partition coefficient (Wildman–Crippen LogP) is 3.97. The molecule has 55 heavy (non-hydrogen) atoms. The number of carbonyl (C=O) groups excluding carboxylic acids is 3. The average Bonchev–Trinajstić information content (AvgIpc) is 4.02. The summed E-state index contributed by atoms with van der Waals surface area (Å²) in [5, 5.41) is 18.2. The van der Waals surface area contributed by atoms with Crippen LogP contribution in [0, 0.1) is 17.8 Å². The molecule has 16 heteroatoms. The molecule has 4 amide bonds. The Morgan fingerprint density at radius 3 is 2.36 bits per heavy atom. The lowest BCUT2D eigenvalue weighted by atomic mass is 9.85. The van der Waals surface area contributed by atoms with Gasteiger partial charge in [-0.3, -0.25) is 28.8 Å². The van der Waals surface area contributed by atoms with Gasteiger partial charge in [0.2, 0.25) is 27.7 Å². The highest BCUT2D eigenvalue weighted by molar-refractivity contribution is 7.91. The van der Waals surface area contributed by atoms with Crippen LogP contribution in [0.4, 0.5) is 4.79 Å². The van der Waals surface area contributed by atoms with Crippen molar-refractivity contribution in [2.24, 2.45) is 17.8 Å². The average molecular weight is 783 g/mol. The van der Waals surface area contributed by atoms with E-state index < -0.39 is 80.2 Å². The number of hydrogen-bond acceptors (Lipinski definition) is 9. The van der Waals surface area contributed by atoms with Gasteiger partial charge in [0.15, 0.2) is 0 Å². The standard InChI is InChI=1S/C39H54N6O9S/c1-22(2)45-34(47)29-15-11-10-14-28(29)33(41-45)54-26-19-30-32(46)40-39(36(49)42-55(52,53)27-16-17-27)20-25(39)13-9-8-12-23(3)18-24(4)31(35(48)43(30)21-26)44(37(50)51)38(5,6)7/h9-11,13-15,22-27,30-31H,8,12,16-21H2,1-7H3,(H,40,46)(H,42,49)(H,50,51)/t23-,24-,25-,26-,30+,31+,39-/m1/s1. The molecule has 0 radical (unpaired) electrons. The molecule has 6 rings (SSSR count). The molecular weight excluding hydrogens is 729 g/mol.